The van der Waals surface area contributed by atoms with Crippen molar-refractivity contribution in [2.75, 3.05) is 37.6 Å². The molecule has 0 aliphatic carbocycles. The SMILES string of the molecule is Cc1ccccc1N1CCN(CCc2ccc(CN3C(=O)c4ccccc4C3=O)cc2)CC1. The van der Waals surface area contributed by atoms with E-state index in [0.29, 0.717) is 17.7 Å². The summed E-state index contributed by atoms with van der Waals surface area (Å²) in [6, 6.07) is 24.0. The van der Waals surface area contributed by atoms with Gasteiger partial charge in [-0.2, -0.15) is 0 Å². The number of hydrogen-bond acceptors (Lipinski definition) is 4. The molecule has 0 radical (unpaired) electrons. The molecule has 5 heteroatoms. The Labute approximate surface area is 195 Å². The number of anilines is 1. The van der Waals surface area contributed by atoms with Crippen LogP contribution < -0.4 is 4.90 Å². The number of amides is 2. The van der Waals surface area contributed by atoms with Crippen LogP contribution in [-0.2, 0) is 13.0 Å². The van der Waals surface area contributed by atoms with Gasteiger partial charge in [0.15, 0.2) is 0 Å². The van der Waals surface area contributed by atoms with E-state index >= 15 is 0 Å². The van der Waals surface area contributed by atoms with Crippen LogP contribution in [0.15, 0.2) is 72.8 Å². The predicted octanol–water partition coefficient (Wildman–Crippen LogP) is 4.16. The van der Waals surface area contributed by atoms with Crippen LogP contribution in [0.25, 0.3) is 0 Å². The fraction of sp³-hybridized carbons (Fsp3) is 0.286. The Morgan fingerprint density at radius 3 is 1.91 bits per heavy atom. The van der Waals surface area contributed by atoms with E-state index in [1.807, 2.05) is 12.1 Å². The molecule has 0 saturated carbocycles. The van der Waals surface area contributed by atoms with E-state index in [9.17, 15) is 9.59 Å². The second kappa shape index (κ2) is 9.20. The maximum Gasteiger partial charge on any atom is 0.261 e. The summed E-state index contributed by atoms with van der Waals surface area (Å²) in [6.45, 7) is 7.80. The Hall–Kier alpha value is -3.44. The molecule has 0 unspecified atom stereocenters. The average molecular weight is 440 g/mol. The highest BCUT2D eigenvalue weighted by Crippen LogP contribution is 2.24. The Bertz CT molecular complexity index is 1130. The molecule has 0 atom stereocenters. The summed E-state index contributed by atoms with van der Waals surface area (Å²) in [5.74, 6) is -0.408. The lowest BCUT2D eigenvalue weighted by Crippen LogP contribution is -2.47. The molecular weight excluding hydrogens is 410 g/mol. The van der Waals surface area contributed by atoms with Gasteiger partial charge >= 0.3 is 0 Å². The van der Waals surface area contributed by atoms with E-state index in [4.69, 9.17) is 0 Å². The third kappa shape index (κ3) is 4.41. The van der Waals surface area contributed by atoms with E-state index in [1.165, 1.54) is 21.7 Å². The maximum atomic E-state index is 12.6. The number of rotatable bonds is 6. The van der Waals surface area contributed by atoms with Crippen molar-refractivity contribution in [3.05, 3.63) is 101 Å². The monoisotopic (exact) mass is 439 g/mol. The van der Waals surface area contributed by atoms with Crippen molar-refractivity contribution in [1.82, 2.24) is 9.80 Å². The number of aryl methyl sites for hydroxylation is 1. The molecule has 5 nitrogen and oxygen atoms in total. The lowest BCUT2D eigenvalue weighted by molar-refractivity contribution is 0.0642. The Morgan fingerprint density at radius 2 is 1.27 bits per heavy atom. The molecule has 2 amide bonds. The zero-order valence-corrected chi connectivity index (χ0v) is 19.0. The minimum Gasteiger partial charge on any atom is -0.369 e. The van der Waals surface area contributed by atoms with Crippen LogP contribution in [0.5, 0.6) is 0 Å². The molecular formula is C28H29N3O2. The lowest BCUT2D eigenvalue weighted by Gasteiger charge is -2.36. The second-order valence-electron chi connectivity index (χ2n) is 8.92. The number of hydrogen-bond donors (Lipinski definition) is 0. The van der Waals surface area contributed by atoms with Crippen LogP contribution in [0.4, 0.5) is 5.69 Å². The molecule has 2 aliphatic rings. The van der Waals surface area contributed by atoms with E-state index < -0.39 is 0 Å². The van der Waals surface area contributed by atoms with Gasteiger partial charge in [0.05, 0.1) is 17.7 Å². The number of piperazine rings is 1. The Kier molecular flexibility index (Phi) is 5.97. The van der Waals surface area contributed by atoms with Gasteiger partial charge in [-0.25, -0.2) is 0 Å². The Morgan fingerprint density at radius 1 is 0.697 bits per heavy atom. The summed E-state index contributed by atoms with van der Waals surface area (Å²) in [5, 5.41) is 0. The summed E-state index contributed by atoms with van der Waals surface area (Å²) in [7, 11) is 0. The number of nitrogens with zero attached hydrogens (tertiary/aromatic N) is 3. The van der Waals surface area contributed by atoms with Crippen LogP contribution in [0, 0.1) is 6.92 Å². The zero-order valence-electron chi connectivity index (χ0n) is 19.0. The molecule has 3 aromatic carbocycles. The third-order valence-electron chi connectivity index (χ3n) is 6.79. The van der Waals surface area contributed by atoms with Crippen molar-refractivity contribution in [1.29, 1.82) is 0 Å². The zero-order chi connectivity index (χ0) is 22.8. The highest BCUT2D eigenvalue weighted by molar-refractivity contribution is 6.21. The van der Waals surface area contributed by atoms with Gasteiger partial charge in [0.1, 0.15) is 0 Å². The molecule has 3 aromatic rings. The lowest BCUT2D eigenvalue weighted by atomic mass is 10.1. The first-order valence-corrected chi connectivity index (χ1v) is 11.7. The maximum absolute atomic E-state index is 12.6. The molecule has 0 spiro atoms. The molecule has 5 rings (SSSR count). The summed E-state index contributed by atoms with van der Waals surface area (Å²) in [6.07, 6.45) is 0.998. The molecule has 0 bridgehead atoms. The summed E-state index contributed by atoms with van der Waals surface area (Å²) < 4.78 is 0. The average Bonchev–Trinajstić information content (AvgIpc) is 3.09. The molecule has 33 heavy (non-hydrogen) atoms. The minimum absolute atomic E-state index is 0.204. The van der Waals surface area contributed by atoms with Crippen LogP contribution in [0.2, 0.25) is 0 Å². The molecule has 0 N–H and O–H groups in total. The fourth-order valence-electron chi connectivity index (χ4n) is 4.79. The summed E-state index contributed by atoms with van der Waals surface area (Å²) >= 11 is 0. The van der Waals surface area contributed by atoms with Crippen molar-refractivity contribution >= 4 is 17.5 Å². The first-order chi connectivity index (χ1) is 16.1. The first kappa shape index (κ1) is 21.4. The molecule has 168 valence electrons. The van der Waals surface area contributed by atoms with Crippen molar-refractivity contribution in [3.8, 4) is 0 Å². The third-order valence-corrected chi connectivity index (χ3v) is 6.79. The van der Waals surface area contributed by atoms with Gasteiger partial charge in [0.25, 0.3) is 11.8 Å². The van der Waals surface area contributed by atoms with Gasteiger partial charge in [-0.1, -0.05) is 54.6 Å². The van der Waals surface area contributed by atoms with Crippen LogP contribution in [0.1, 0.15) is 37.4 Å². The topological polar surface area (TPSA) is 43.9 Å². The highest BCUT2D eigenvalue weighted by Gasteiger charge is 2.34. The van der Waals surface area contributed by atoms with Gasteiger partial charge in [0.2, 0.25) is 0 Å². The molecule has 2 heterocycles. The van der Waals surface area contributed by atoms with Gasteiger partial charge in [-0.3, -0.25) is 19.4 Å². The van der Waals surface area contributed by atoms with Crippen molar-refractivity contribution in [2.45, 2.75) is 19.9 Å². The van der Waals surface area contributed by atoms with Gasteiger partial charge in [-0.05, 0) is 48.2 Å². The standard InChI is InChI=1S/C28H29N3O2/c1-21-6-2-5-9-26(21)30-18-16-29(17-19-30)15-14-22-10-12-23(13-11-22)20-31-27(32)24-7-3-4-8-25(24)28(31)33/h2-13H,14-20H2,1H3. The summed E-state index contributed by atoms with van der Waals surface area (Å²) in [5.41, 5.74) is 5.95. The minimum atomic E-state index is -0.204. The Balaban J connectivity index is 1.12. The smallest absolute Gasteiger partial charge is 0.261 e. The molecule has 1 fully saturated rings. The number of carbonyl (C=O) groups is 2. The van der Waals surface area contributed by atoms with E-state index in [0.717, 1.165) is 44.7 Å². The van der Waals surface area contributed by atoms with Crippen LogP contribution in [-0.4, -0.2) is 54.3 Å². The van der Waals surface area contributed by atoms with Crippen molar-refractivity contribution in [2.24, 2.45) is 0 Å². The number of fused-ring (bicyclic) bond motifs is 1. The van der Waals surface area contributed by atoms with Crippen LogP contribution >= 0.6 is 0 Å². The van der Waals surface area contributed by atoms with Gasteiger partial charge in [-0.15, -0.1) is 0 Å². The van der Waals surface area contributed by atoms with Crippen molar-refractivity contribution < 1.29 is 9.59 Å². The quantitative estimate of drug-likeness (QED) is 0.541. The molecule has 2 aliphatic heterocycles. The number of imide groups is 1. The number of para-hydroxylation sites is 1. The number of benzene rings is 3. The van der Waals surface area contributed by atoms with E-state index in [-0.39, 0.29) is 11.8 Å². The van der Waals surface area contributed by atoms with E-state index in [1.54, 1.807) is 24.3 Å². The molecule has 1 saturated heterocycles. The molecule has 0 aromatic heterocycles. The largest absolute Gasteiger partial charge is 0.369 e. The van der Waals surface area contributed by atoms with Crippen LogP contribution in [0.3, 0.4) is 0 Å². The number of carbonyl (C=O) groups excluding carboxylic acids is 2. The second-order valence-corrected chi connectivity index (χ2v) is 8.92. The normalized spacial score (nSPS) is 16.4. The van der Waals surface area contributed by atoms with E-state index in [2.05, 4.69) is 53.1 Å². The predicted molar refractivity (Wildman–Crippen MR) is 131 cm³/mol. The summed E-state index contributed by atoms with van der Waals surface area (Å²) in [4.78, 5) is 31.5. The highest BCUT2D eigenvalue weighted by atomic mass is 16.2. The van der Waals surface area contributed by atoms with Gasteiger partial charge < -0.3 is 4.90 Å². The first-order valence-electron chi connectivity index (χ1n) is 11.7. The fourth-order valence-corrected chi connectivity index (χ4v) is 4.79. The van der Waals surface area contributed by atoms with Crippen molar-refractivity contribution in [3.63, 3.8) is 0 Å². The van der Waals surface area contributed by atoms with Gasteiger partial charge in [0, 0.05) is 38.4 Å².